The molecule has 1 saturated heterocycles. The van der Waals surface area contributed by atoms with Crippen molar-refractivity contribution in [2.24, 2.45) is 0 Å². The van der Waals surface area contributed by atoms with E-state index in [2.05, 4.69) is 10.2 Å². The minimum atomic E-state index is -0.640. The molecular weight excluding hydrogens is 430 g/mol. The van der Waals surface area contributed by atoms with E-state index in [1.165, 1.54) is 0 Å². The van der Waals surface area contributed by atoms with Crippen molar-refractivity contribution in [3.8, 4) is 22.6 Å². The summed E-state index contributed by atoms with van der Waals surface area (Å²) in [4.78, 5) is 29.6. The van der Waals surface area contributed by atoms with Crippen LogP contribution in [0.15, 0.2) is 78.9 Å². The first-order chi connectivity index (χ1) is 16.7. The van der Waals surface area contributed by atoms with E-state index in [9.17, 15) is 9.59 Å². The molecule has 7 heteroatoms. The molecule has 1 N–H and O–H groups in total. The van der Waals surface area contributed by atoms with Gasteiger partial charge in [-0.3, -0.25) is 14.5 Å². The predicted octanol–water partition coefficient (Wildman–Crippen LogP) is 3.28. The lowest BCUT2D eigenvalue weighted by Crippen LogP contribution is -2.54. The number of piperazine rings is 1. The smallest absolute Gasteiger partial charge is 0.267 e. The molecule has 5 rings (SSSR count). The Kier molecular flexibility index (Phi) is 6.44. The molecule has 0 spiro atoms. The highest BCUT2D eigenvalue weighted by Gasteiger charge is 2.32. The lowest BCUT2D eigenvalue weighted by atomic mass is 10.0. The van der Waals surface area contributed by atoms with E-state index < -0.39 is 6.10 Å². The second kappa shape index (κ2) is 9.97. The molecule has 0 saturated carbocycles. The van der Waals surface area contributed by atoms with Crippen molar-refractivity contribution in [3.05, 3.63) is 78.9 Å². The Morgan fingerprint density at radius 3 is 2.29 bits per heavy atom. The van der Waals surface area contributed by atoms with Crippen molar-refractivity contribution in [1.82, 2.24) is 9.80 Å². The summed E-state index contributed by atoms with van der Waals surface area (Å²) in [5, 5.41) is 3.05. The van der Waals surface area contributed by atoms with Crippen LogP contribution in [0.1, 0.15) is 0 Å². The van der Waals surface area contributed by atoms with Gasteiger partial charge in [-0.15, -0.1) is 0 Å². The summed E-state index contributed by atoms with van der Waals surface area (Å²) >= 11 is 0. The highest BCUT2D eigenvalue weighted by Crippen LogP contribution is 2.31. The fourth-order valence-corrected chi connectivity index (χ4v) is 4.33. The van der Waals surface area contributed by atoms with Gasteiger partial charge in [0.25, 0.3) is 5.91 Å². The molecule has 0 aliphatic carbocycles. The summed E-state index contributed by atoms with van der Waals surface area (Å²) in [7, 11) is 0. The van der Waals surface area contributed by atoms with Gasteiger partial charge >= 0.3 is 0 Å². The predicted molar refractivity (Wildman–Crippen MR) is 130 cm³/mol. The average molecular weight is 458 g/mol. The Hall–Kier alpha value is -3.84. The van der Waals surface area contributed by atoms with E-state index in [-0.39, 0.29) is 25.0 Å². The standard InChI is InChI=1S/C27H27N3O4/c31-26(28-22-11-5-4-10-21(22)20-8-2-1-3-9-20)18-29-14-16-30(17-15-29)27(32)25-19-33-23-12-6-7-13-24(23)34-25/h1-13,25H,14-19H2,(H,28,31)/t25-/m0/s1. The quantitative estimate of drug-likeness (QED) is 0.637. The molecular formula is C27H27N3O4. The summed E-state index contributed by atoms with van der Waals surface area (Å²) in [6, 6.07) is 25.2. The van der Waals surface area contributed by atoms with Gasteiger partial charge in [-0.1, -0.05) is 60.7 Å². The summed E-state index contributed by atoms with van der Waals surface area (Å²) in [6.07, 6.45) is -0.640. The van der Waals surface area contributed by atoms with Gasteiger partial charge in [-0.25, -0.2) is 0 Å². The molecule has 0 unspecified atom stereocenters. The molecule has 34 heavy (non-hydrogen) atoms. The van der Waals surface area contributed by atoms with Crippen LogP contribution in [-0.2, 0) is 9.59 Å². The molecule has 0 radical (unpaired) electrons. The number of fused-ring (bicyclic) bond motifs is 1. The van der Waals surface area contributed by atoms with Crippen molar-refractivity contribution in [3.63, 3.8) is 0 Å². The molecule has 0 aromatic heterocycles. The van der Waals surface area contributed by atoms with Crippen molar-refractivity contribution in [2.45, 2.75) is 6.10 Å². The van der Waals surface area contributed by atoms with Gasteiger partial charge in [-0.2, -0.15) is 0 Å². The normalized spacial score (nSPS) is 17.8. The number of carbonyl (C=O) groups excluding carboxylic acids is 2. The van der Waals surface area contributed by atoms with Crippen molar-refractivity contribution < 1.29 is 19.1 Å². The molecule has 174 valence electrons. The Labute approximate surface area is 198 Å². The van der Waals surface area contributed by atoms with Gasteiger partial charge in [0, 0.05) is 37.4 Å². The summed E-state index contributed by atoms with van der Waals surface area (Å²) in [6.45, 7) is 2.84. The first-order valence-electron chi connectivity index (χ1n) is 11.5. The first kappa shape index (κ1) is 22.0. The van der Waals surface area contributed by atoms with E-state index in [4.69, 9.17) is 9.47 Å². The van der Waals surface area contributed by atoms with Crippen molar-refractivity contribution >= 4 is 17.5 Å². The van der Waals surface area contributed by atoms with Crippen molar-refractivity contribution in [2.75, 3.05) is 44.6 Å². The number of rotatable bonds is 5. The molecule has 0 bridgehead atoms. The topological polar surface area (TPSA) is 71.1 Å². The minimum absolute atomic E-state index is 0.0659. The van der Waals surface area contributed by atoms with Gasteiger partial charge in [0.1, 0.15) is 6.61 Å². The zero-order chi connectivity index (χ0) is 23.3. The number of nitrogens with zero attached hydrogens (tertiary/aromatic N) is 2. The molecule has 2 aliphatic rings. The minimum Gasteiger partial charge on any atom is -0.485 e. The largest absolute Gasteiger partial charge is 0.485 e. The summed E-state index contributed by atoms with van der Waals surface area (Å²) in [5.74, 6) is 1.12. The van der Waals surface area contributed by atoms with Crippen LogP contribution in [0, 0.1) is 0 Å². The number of carbonyl (C=O) groups is 2. The number of benzene rings is 3. The van der Waals surface area contributed by atoms with E-state index in [0.29, 0.717) is 37.7 Å². The maximum absolute atomic E-state index is 12.9. The van der Waals surface area contributed by atoms with E-state index >= 15 is 0 Å². The summed E-state index contributed by atoms with van der Waals surface area (Å²) in [5.41, 5.74) is 2.84. The van der Waals surface area contributed by atoms with Gasteiger partial charge in [0.2, 0.25) is 12.0 Å². The molecule has 2 heterocycles. The van der Waals surface area contributed by atoms with Gasteiger partial charge in [0.15, 0.2) is 11.5 Å². The van der Waals surface area contributed by atoms with Crippen LogP contribution < -0.4 is 14.8 Å². The molecule has 2 amide bonds. The monoisotopic (exact) mass is 457 g/mol. The van der Waals surface area contributed by atoms with Gasteiger partial charge < -0.3 is 19.7 Å². The SMILES string of the molecule is O=C(CN1CCN(C(=O)[C@@H]2COc3ccccc3O2)CC1)Nc1ccccc1-c1ccccc1. The lowest BCUT2D eigenvalue weighted by Gasteiger charge is -2.36. The summed E-state index contributed by atoms with van der Waals surface area (Å²) < 4.78 is 11.5. The number of hydrogen-bond acceptors (Lipinski definition) is 5. The fraction of sp³-hybridized carbons (Fsp3) is 0.259. The van der Waals surface area contributed by atoms with Crippen LogP contribution in [0.25, 0.3) is 11.1 Å². The number of ether oxygens (including phenoxy) is 2. The second-order valence-corrected chi connectivity index (χ2v) is 8.43. The third-order valence-corrected chi connectivity index (χ3v) is 6.12. The third-order valence-electron chi connectivity index (χ3n) is 6.12. The molecule has 3 aromatic carbocycles. The molecule has 2 aliphatic heterocycles. The highest BCUT2D eigenvalue weighted by atomic mass is 16.6. The van der Waals surface area contributed by atoms with E-state index in [1.807, 2.05) is 72.8 Å². The number of hydrogen-bond donors (Lipinski definition) is 1. The van der Waals surface area contributed by atoms with E-state index in [1.54, 1.807) is 11.0 Å². The number of para-hydroxylation sites is 3. The van der Waals surface area contributed by atoms with Crippen LogP contribution in [0.5, 0.6) is 11.5 Å². The Bertz CT molecular complexity index is 1160. The highest BCUT2D eigenvalue weighted by molar-refractivity contribution is 5.96. The Morgan fingerprint density at radius 2 is 1.50 bits per heavy atom. The van der Waals surface area contributed by atoms with Crippen LogP contribution in [0.2, 0.25) is 0 Å². The molecule has 7 nitrogen and oxygen atoms in total. The number of nitrogens with one attached hydrogen (secondary N) is 1. The van der Waals surface area contributed by atoms with Crippen LogP contribution in [0.3, 0.4) is 0 Å². The number of anilines is 1. The zero-order valence-corrected chi connectivity index (χ0v) is 18.9. The van der Waals surface area contributed by atoms with Gasteiger partial charge in [-0.05, 0) is 23.8 Å². The van der Waals surface area contributed by atoms with Crippen molar-refractivity contribution in [1.29, 1.82) is 0 Å². The Morgan fingerprint density at radius 1 is 0.824 bits per heavy atom. The van der Waals surface area contributed by atoms with E-state index in [0.717, 1.165) is 16.8 Å². The first-order valence-corrected chi connectivity index (χ1v) is 11.5. The third kappa shape index (κ3) is 4.89. The molecule has 1 atom stereocenters. The lowest BCUT2D eigenvalue weighted by molar-refractivity contribution is -0.143. The van der Waals surface area contributed by atoms with Crippen LogP contribution in [-0.4, -0.2) is 67.0 Å². The van der Waals surface area contributed by atoms with Crippen LogP contribution in [0.4, 0.5) is 5.69 Å². The van der Waals surface area contributed by atoms with Crippen LogP contribution >= 0.6 is 0 Å². The maximum atomic E-state index is 12.9. The second-order valence-electron chi connectivity index (χ2n) is 8.43. The average Bonchev–Trinajstić information content (AvgIpc) is 2.89. The molecule has 3 aromatic rings. The molecule has 1 fully saturated rings. The fourth-order valence-electron chi connectivity index (χ4n) is 4.33. The number of amides is 2. The maximum Gasteiger partial charge on any atom is 0.267 e. The Balaban J connectivity index is 1.13. The zero-order valence-electron chi connectivity index (χ0n) is 18.9. The van der Waals surface area contributed by atoms with Gasteiger partial charge in [0.05, 0.1) is 6.54 Å².